The summed E-state index contributed by atoms with van der Waals surface area (Å²) in [6, 6.07) is 5.31. The maximum Gasteiger partial charge on any atom is 0.237 e. The Kier molecular flexibility index (Phi) is 4.53. The summed E-state index contributed by atoms with van der Waals surface area (Å²) in [7, 11) is 0. The molecule has 2 heterocycles. The average molecular weight is 351 g/mol. The quantitative estimate of drug-likeness (QED) is 0.568. The zero-order valence-electron chi connectivity index (χ0n) is 11.9. The molecule has 0 bridgehead atoms. The van der Waals surface area contributed by atoms with Crippen LogP contribution in [0.3, 0.4) is 0 Å². The lowest BCUT2D eigenvalue weighted by molar-refractivity contribution is -0.115. The molecule has 23 heavy (non-hydrogen) atoms. The Morgan fingerprint density at radius 3 is 2.74 bits per heavy atom. The van der Waals surface area contributed by atoms with Crippen LogP contribution in [0.25, 0.3) is 10.2 Å². The van der Waals surface area contributed by atoms with Crippen LogP contribution in [0.2, 0.25) is 0 Å². The van der Waals surface area contributed by atoms with Crippen LogP contribution in [0, 0.1) is 11.6 Å². The molecule has 0 saturated heterocycles. The molecule has 1 N–H and O–H groups in total. The third kappa shape index (κ3) is 3.32. The molecule has 0 aliphatic rings. The summed E-state index contributed by atoms with van der Waals surface area (Å²) in [5, 5.41) is 5.13. The van der Waals surface area contributed by atoms with Crippen molar-refractivity contribution in [2.75, 3.05) is 5.32 Å². The second-order valence-corrected chi connectivity index (χ2v) is 6.89. The molecule has 3 rings (SSSR count). The number of anilines is 1. The van der Waals surface area contributed by atoms with Crippen LogP contribution >= 0.6 is 23.1 Å². The predicted octanol–water partition coefficient (Wildman–Crippen LogP) is 4.09. The van der Waals surface area contributed by atoms with Crippen molar-refractivity contribution in [1.82, 2.24) is 9.97 Å². The Labute approximate surface area is 139 Å². The number of thioether (sulfide) groups is 1. The van der Waals surface area contributed by atoms with E-state index in [0.29, 0.717) is 5.03 Å². The van der Waals surface area contributed by atoms with Gasteiger partial charge in [0, 0.05) is 5.39 Å². The van der Waals surface area contributed by atoms with Gasteiger partial charge in [-0.25, -0.2) is 18.7 Å². The highest BCUT2D eigenvalue weighted by molar-refractivity contribution is 8.00. The van der Waals surface area contributed by atoms with E-state index < -0.39 is 28.5 Å². The molecule has 2 aromatic heterocycles. The van der Waals surface area contributed by atoms with E-state index in [1.807, 2.05) is 11.4 Å². The molecule has 3 aromatic rings. The molecule has 1 atom stereocenters. The molecule has 8 heteroatoms. The highest BCUT2D eigenvalue weighted by atomic mass is 32.2. The summed E-state index contributed by atoms with van der Waals surface area (Å²) >= 11 is 2.69. The molecule has 1 amide bonds. The Morgan fingerprint density at radius 2 is 2.00 bits per heavy atom. The number of thiophene rings is 1. The molecule has 0 radical (unpaired) electrons. The normalized spacial score (nSPS) is 12.3. The zero-order valence-corrected chi connectivity index (χ0v) is 13.5. The number of nitrogens with zero attached hydrogens (tertiary/aromatic N) is 2. The first-order valence-corrected chi connectivity index (χ1v) is 8.42. The Bertz CT molecular complexity index is 849. The van der Waals surface area contributed by atoms with E-state index in [0.717, 1.165) is 22.3 Å². The first kappa shape index (κ1) is 15.8. The van der Waals surface area contributed by atoms with E-state index in [9.17, 15) is 13.6 Å². The van der Waals surface area contributed by atoms with Gasteiger partial charge in [-0.15, -0.1) is 11.3 Å². The number of rotatable bonds is 4. The highest BCUT2D eigenvalue weighted by Crippen LogP contribution is 2.31. The van der Waals surface area contributed by atoms with Crippen LogP contribution in [-0.2, 0) is 4.79 Å². The minimum Gasteiger partial charge on any atom is -0.320 e. The summed E-state index contributed by atoms with van der Waals surface area (Å²) in [6.07, 6.45) is 1.43. The van der Waals surface area contributed by atoms with Gasteiger partial charge in [-0.05, 0) is 30.5 Å². The Morgan fingerprint density at radius 1 is 1.26 bits per heavy atom. The first-order chi connectivity index (χ1) is 11.1. The minimum absolute atomic E-state index is 0.437. The van der Waals surface area contributed by atoms with Crippen molar-refractivity contribution in [2.45, 2.75) is 17.2 Å². The number of carbonyl (C=O) groups is 1. The van der Waals surface area contributed by atoms with E-state index >= 15 is 0 Å². The summed E-state index contributed by atoms with van der Waals surface area (Å²) in [4.78, 5) is 21.3. The number of hydrogen-bond acceptors (Lipinski definition) is 5. The van der Waals surface area contributed by atoms with Gasteiger partial charge in [0.25, 0.3) is 0 Å². The maximum absolute atomic E-state index is 13.6. The van der Waals surface area contributed by atoms with Crippen LogP contribution in [0.4, 0.5) is 14.5 Å². The number of amides is 1. The van der Waals surface area contributed by atoms with E-state index in [1.165, 1.54) is 35.5 Å². The van der Waals surface area contributed by atoms with Crippen molar-refractivity contribution in [3.05, 3.63) is 47.6 Å². The molecule has 0 aliphatic heterocycles. The molecule has 1 aromatic carbocycles. The van der Waals surface area contributed by atoms with Gasteiger partial charge in [-0.3, -0.25) is 4.79 Å². The fraction of sp³-hybridized carbons (Fsp3) is 0.133. The highest BCUT2D eigenvalue weighted by Gasteiger charge is 2.20. The van der Waals surface area contributed by atoms with Crippen molar-refractivity contribution in [3.8, 4) is 0 Å². The number of para-hydroxylation sites is 1. The molecular weight excluding hydrogens is 340 g/mol. The van der Waals surface area contributed by atoms with Crippen molar-refractivity contribution in [3.63, 3.8) is 0 Å². The van der Waals surface area contributed by atoms with Crippen LogP contribution < -0.4 is 5.32 Å². The SMILES string of the molecule is C[C@H](Sc1ncnc2sccc12)C(=O)Nc1c(F)cccc1F. The van der Waals surface area contributed by atoms with E-state index in [4.69, 9.17) is 0 Å². The standard InChI is InChI=1S/C15H11F2N3OS2/c1-8(13(21)20-12-10(16)3-2-4-11(12)17)23-15-9-5-6-22-14(9)18-7-19-15/h2-8H,1H3,(H,20,21)/t8-/m0/s1. The maximum atomic E-state index is 13.6. The van der Waals surface area contributed by atoms with Crippen molar-refractivity contribution in [2.24, 2.45) is 0 Å². The lowest BCUT2D eigenvalue weighted by atomic mass is 10.3. The second-order valence-electron chi connectivity index (χ2n) is 4.66. The van der Waals surface area contributed by atoms with E-state index in [1.54, 1.807) is 6.92 Å². The largest absolute Gasteiger partial charge is 0.320 e. The molecule has 0 fully saturated rings. The Hall–Kier alpha value is -2.06. The topological polar surface area (TPSA) is 54.9 Å². The van der Waals surface area contributed by atoms with Gasteiger partial charge in [0.2, 0.25) is 5.91 Å². The van der Waals surface area contributed by atoms with Gasteiger partial charge in [-0.2, -0.15) is 0 Å². The van der Waals surface area contributed by atoms with Crippen molar-refractivity contribution >= 4 is 44.9 Å². The first-order valence-electron chi connectivity index (χ1n) is 6.66. The zero-order chi connectivity index (χ0) is 16.4. The third-order valence-electron chi connectivity index (χ3n) is 3.09. The smallest absolute Gasteiger partial charge is 0.237 e. The van der Waals surface area contributed by atoms with Crippen LogP contribution in [0.5, 0.6) is 0 Å². The summed E-state index contributed by atoms with van der Waals surface area (Å²) in [5.41, 5.74) is -0.437. The predicted molar refractivity (Wildman–Crippen MR) is 87.7 cm³/mol. The number of carbonyl (C=O) groups excluding carboxylic acids is 1. The van der Waals surface area contributed by atoms with Gasteiger partial charge in [0.15, 0.2) is 0 Å². The van der Waals surface area contributed by atoms with Gasteiger partial charge < -0.3 is 5.32 Å². The molecule has 4 nitrogen and oxygen atoms in total. The van der Waals surface area contributed by atoms with Crippen molar-refractivity contribution < 1.29 is 13.6 Å². The molecular formula is C15H11F2N3OS2. The molecule has 118 valence electrons. The second kappa shape index (κ2) is 6.59. The summed E-state index contributed by atoms with van der Waals surface area (Å²) in [6.45, 7) is 1.65. The lowest BCUT2D eigenvalue weighted by Crippen LogP contribution is -2.23. The number of fused-ring (bicyclic) bond motifs is 1. The number of halogens is 2. The van der Waals surface area contributed by atoms with E-state index in [-0.39, 0.29) is 0 Å². The summed E-state index contributed by atoms with van der Waals surface area (Å²) in [5.74, 6) is -2.11. The lowest BCUT2D eigenvalue weighted by Gasteiger charge is -2.13. The third-order valence-corrected chi connectivity index (χ3v) is 5.03. The van der Waals surface area contributed by atoms with Crippen LogP contribution in [0.1, 0.15) is 6.92 Å². The molecule has 0 saturated carbocycles. The summed E-state index contributed by atoms with van der Waals surface area (Å²) < 4.78 is 27.2. The molecule has 0 unspecified atom stereocenters. The minimum atomic E-state index is -0.808. The number of hydrogen-bond donors (Lipinski definition) is 1. The van der Waals surface area contributed by atoms with E-state index in [2.05, 4.69) is 15.3 Å². The molecule has 0 aliphatic carbocycles. The fourth-order valence-electron chi connectivity index (χ4n) is 1.92. The van der Waals surface area contributed by atoms with Gasteiger partial charge in [0.05, 0.1) is 5.25 Å². The monoisotopic (exact) mass is 351 g/mol. The van der Waals surface area contributed by atoms with Gasteiger partial charge >= 0.3 is 0 Å². The molecule has 0 spiro atoms. The Balaban J connectivity index is 1.77. The van der Waals surface area contributed by atoms with Crippen LogP contribution in [0.15, 0.2) is 41.0 Å². The number of aromatic nitrogens is 2. The number of nitrogens with one attached hydrogen (secondary N) is 1. The van der Waals surface area contributed by atoms with Gasteiger partial charge in [-0.1, -0.05) is 17.8 Å². The van der Waals surface area contributed by atoms with Crippen molar-refractivity contribution in [1.29, 1.82) is 0 Å². The fourth-order valence-corrected chi connectivity index (χ4v) is 3.62. The number of benzene rings is 1. The average Bonchev–Trinajstić information content (AvgIpc) is 3.00. The van der Waals surface area contributed by atoms with Crippen LogP contribution in [-0.4, -0.2) is 21.1 Å². The van der Waals surface area contributed by atoms with Gasteiger partial charge in [0.1, 0.15) is 33.5 Å².